The second-order valence-electron chi connectivity index (χ2n) is 12.0. The Balaban J connectivity index is 1.60. The van der Waals surface area contributed by atoms with E-state index in [2.05, 4.69) is 41.0 Å². The number of carbonyl (C=O) groups excluding carboxylic acids is 1. The van der Waals surface area contributed by atoms with E-state index in [1.807, 2.05) is 44.7 Å². The Morgan fingerprint density at radius 1 is 1.14 bits per heavy atom. The minimum Gasteiger partial charge on any atom is -0.384 e. The van der Waals surface area contributed by atoms with Crippen LogP contribution in [0.3, 0.4) is 0 Å². The van der Waals surface area contributed by atoms with Crippen LogP contribution in [0.1, 0.15) is 66.3 Å². The lowest BCUT2D eigenvalue weighted by atomic mass is 9.66. The Hall–Kier alpha value is -2.84. The Morgan fingerprint density at radius 3 is 2.41 bits per heavy atom. The van der Waals surface area contributed by atoms with Gasteiger partial charge in [-0.25, -0.2) is 19.9 Å². The van der Waals surface area contributed by atoms with Gasteiger partial charge in [-0.05, 0) is 30.0 Å². The van der Waals surface area contributed by atoms with Crippen LogP contribution in [0.4, 0.5) is 5.82 Å². The number of rotatable bonds is 5. The van der Waals surface area contributed by atoms with Crippen LogP contribution in [-0.4, -0.2) is 55.0 Å². The van der Waals surface area contributed by atoms with Crippen molar-refractivity contribution in [2.24, 2.45) is 11.3 Å². The van der Waals surface area contributed by atoms with Crippen LogP contribution in [0.15, 0.2) is 36.8 Å². The zero-order valence-corrected chi connectivity index (χ0v) is 23.5. The van der Waals surface area contributed by atoms with Crippen molar-refractivity contribution in [3.05, 3.63) is 53.2 Å². The second kappa shape index (κ2) is 9.80. The van der Waals surface area contributed by atoms with Crippen LogP contribution >= 0.6 is 11.6 Å². The minimum atomic E-state index is -1.07. The van der Waals surface area contributed by atoms with E-state index >= 15 is 0 Å². The molecule has 9 heteroatoms. The molecule has 0 bridgehead atoms. The Kier molecular flexibility index (Phi) is 7.20. The first-order chi connectivity index (χ1) is 17.2. The molecule has 1 saturated heterocycles. The lowest BCUT2D eigenvalue weighted by Crippen LogP contribution is -2.59. The summed E-state index contributed by atoms with van der Waals surface area (Å²) in [4.78, 5) is 33.7. The molecule has 2 N–H and O–H groups in total. The monoisotopic (exact) mass is 524 g/mol. The highest BCUT2D eigenvalue weighted by molar-refractivity contribution is 6.30. The van der Waals surface area contributed by atoms with Crippen LogP contribution in [0.5, 0.6) is 0 Å². The van der Waals surface area contributed by atoms with E-state index in [1.165, 1.54) is 6.33 Å². The number of likely N-dealkylation sites (tertiary alicyclic amines) is 1. The molecule has 3 aromatic rings. The van der Waals surface area contributed by atoms with Crippen molar-refractivity contribution in [1.82, 2.24) is 24.8 Å². The number of benzene rings is 1. The molecule has 0 saturated carbocycles. The molecular weight excluding hydrogens is 488 g/mol. The standard InChI is InChI=1S/C28H37ClN6O2/c1-17(2)21(33-23-22-20(31-16-32-23)14-30-25(34-22)26(3,4)5)24(36)35-13-12-28(37,27(6,7)15-35)18-8-10-19(29)11-9-18/h8-11,14,16-17,21,37H,12-13,15H2,1-7H3,(H,31,32,33)/t21-,28+/m1/s1. The highest BCUT2D eigenvalue weighted by Crippen LogP contribution is 2.46. The summed E-state index contributed by atoms with van der Waals surface area (Å²) in [5, 5.41) is 15.7. The largest absolute Gasteiger partial charge is 0.384 e. The average molecular weight is 525 g/mol. The van der Waals surface area contributed by atoms with Crippen molar-refractivity contribution in [3.63, 3.8) is 0 Å². The number of anilines is 1. The van der Waals surface area contributed by atoms with E-state index in [1.54, 1.807) is 18.3 Å². The molecule has 2 atom stereocenters. The molecule has 3 heterocycles. The summed E-state index contributed by atoms with van der Waals surface area (Å²) in [6.07, 6.45) is 3.59. The molecule has 198 valence electrons. The average Bonchev–Trinajstić information content (AvgIpc) is 2.83. The van der Waals surface area contributed by atoms with E-state index in [0.717, 1.165) is 5.56 Å². The number of hydrogen-bond acceptors (Lipinski definition) is 7. The van der Waals surface area contributed by atoms with Gasteiger partial charge in [-0.3, -0.25) is 4.79 Å². The van der Waals surface area contributed by atoms with E-state index in [4.69, 9.17) is 16.6 Å². The molecule has 4 rings (SSSR count). The number of nitrogens with one attached hydrogen (secondary N) is 1. The molecule has 0 aliphatic carbocycles. The first-order valence-electron chi connectivity index (χ1n) is 12.7. The summed E-state index contributed by atoms with van der Waals surface area (Å²) in [5.41, 5.74) is 0.138. The molecule has 1 fully saturated rings. The van der Waals surface area contributed by atoms with Crippen molar-refractivity contribution in [1.29, 1.82) is 0 Å². The second-order valence-corrected chi connectivity index (χ2v) is 12.5. The van der Waals surface area contributed by atoms with Gasteiger partial charge in [0.25, 0.3) is 0 Å². The van der Waals surface area contributed by atoms with Crippen LogP contribution < -0.4 is 5.32 Å². The van der Waals surface area contributed by atoms with Gasteiger partial charge >= 0.3 is 0 Å². The molecule has 1 aliphatic heterocycles. The molecule has 1 amide bonds. The van der Waals surface area contributed by atoms with Crippen LogP contribution in [0.2, 0.25) is 5.02 Å². The van der Waals surface area contributed by atoms with Crippen LogP contribution in [0.25, 0.3) is 11.0 Å². The molecular formula is C28H37ClN6O2. The Morgan fingerprint density at radius 2 is 1.81 bits per heavy atom. The fraction of sp³-hybridized carbons (Fsp3) is 0.536. The first kappa shape index (κ1) is 27.2. The smallest absolute Gasteiger partial charge is 0.245 e. The molecule has 1 aromatic carbocycles. The predicted octanol–water partition coefficient (Wildman–Crippen LogP) is 4.95. The van der Waals surface area contributed by atoms with Crippen molar-refractivity contribution < 1.29 is 9.90 Å². The lowest BCUT2D eigenvalue weighted by Gasteiger charge is -2.51. The third kappa shape index (κ3) is 5.27. The number of hydrogen-bond donors (Lipinski definition) is 2. The van der Waals surface area contributed by atoms with Gasteiger partial charge in [0, 0.05) is 28.9 Å². The van der Waals surface area contributed by atoms with Crippen molar-refractivity contribution in [3.8, 4) is 0 Å². The van der Waals surface area contributed by atoms with E-state index in [9.17, 15) is 9.90 Å². The molecule has 0 radical (unpaired) electrons. The van der Waals surface area contributed by atoms with Gasteiger partial charge in [-0.2, -0.15) is 0 Å². The maximum atomic E-state index is 13.9. The highest BCUT2D eigenvalue weighted by atomic mass is 35.5. The summed E-state index contributed by atoms with van der Waals surface area (Å²) < 4.78 is 0. The third-order valence-corrected chi connectivity index (χ3v) is 7.61. The van der Waals surface area contributed by atoms with E-state index < -0.39 is 17.1 Å². The first-order valence-corrected chi connectivity index (χ1v) is 13.1. The van der Waals surface area contributed by atoms with Gasteiger partial charge in [0.2, 0.25) is 5.91 Å². The van der Waals surface area contributed by atoms with E-state index in [0.29, 0.717) is 47.2 Å². The summed E-state index contributed by atoms with van der Waals surface area (Å²) in [6, 6.07) is 6.80. The van der Waals surface area contributed by atoms with Crippen molar-refractivity contribution in [2.45, 2.75) is 71.9 Å². The zero-order valence-electron chi connectivity index (χ0n) is 22.7. The third-order valence-electron chi connectivity index (χ3n) is 7.36. The molecule has 0 spiro atoms. The summed E-state index contributed by atoms with van der Waals surface area (Å²) >= 11 is 6.07. The predicted molar refractivity (Wildman–Crippen MR) is 146 cm³/mol. The summed E-state index contributed by atoms with van der Waals surface area (Å²) in [5.74, 6) is 1.16. The zero-order chi connectivity index (χ0) is 27.2. The van der Waals surface area contributed by atoms with Gasteiger partial charge in [0.05, 0.1) is 11.8 Å². The van der Waals surface area contributed by atoms with Crippen molar-refractivity contribution >= 4 is 34.4 Å². The van der Waals surface area contributed by atoms with E-state index in [-0.39, 0.29) is 17.2 Å². The number of nitrogens with zero attached hydrogens (tertiary/aromatic N) is 5. The topological polar surface area (TPSA) is 104 Å². The number of carbonyl (C=O) groups is 1. The molecule has 2 aromatic heterocycles. The number of amides is 1. The maximum absolute atomic E-state index is 13.9. The quantitative estimate of drug-likeness (QED) is 0.486. The molecule has 37 heavy (non-hydrogen) atoms. The Bertz CT molecular complexity index is 1290. The summed E-state index contributed by atoms with van der Waals surface area (Å²) in [7, 11) is 0. The fourth-order valence-corrected chi connectivity index (χ4v) is 5.08. The highest BCUT2D eigenvalue weighted by Gasteiger charge is 2.50. The van der Waals surface area contributed by atoms with Crippen molar-refractivity contribution in [2.75, 3.05) is 18.4 Å². The van der Waals surface area contributed by atoms with Crippen LogP contribution in [0, 0.1) is 11.3 Å². The summed E-state index contributed by atoms with van der Waals surface area (Å²) in [6.45, 7) is 15.0. The Labute approximate surface area is 223 Å². The minimum absolute atomic E-state index is 0.0124. The van der Waals surface area contributed by atoms with Gasteiger partial charge in [0.1, 0.15) is 29.2 Å². The fourth-order valence-electron chi connectivity index (χ4n) is 4.95. The molecule has 8 nitrogen and oxygen atoms in total. The molecule has 0 unspecified atom stereocenters. The molecule has 1 aliphatic rings. The van der Waals surface area contributed by atoms with Gasteiger partial charge in [-0.1, -0.05) is 72.2 Å². The number of fused-ring (bicyclic) bond motifs is 1. The van der Waals surface area contributed by atoms with Gasteiger partial charge < -0.3 is 15.3 Å². The number of aromatic nitrogens is 4. The number of piperidine rings is 1. The van der Waals surface area contributed by atoms with Gasteiger partial charge in [-0.15, -0.1) is 0 Å². The van der Waals surface area contributed by atoms with Gasteiger partial charge in [0.15, 0.2) is 5.82 Å². The van der Waals surface area contributed by atoms with Crippen LogP contribution in [-0.2, 0) is 15.8 Å². The lowest BCUT2D eigenvalue weighted by molar-refractivity contribution is -0.154. The SMILES string of the molecule is CC(C)[C@@H](Nc1ncnc2cnc(C(C)(C)C)nc12)C(=O)N1CC[C@](O)(c2ccc(Cl)cc2)C(C)(C)C1. The number of aliphatic hydroxyl groups is 1. The normalized spacial score (nSPS) is 20.8. The number of halogens is 1. The maximum Gasteiger partial charge on any atom is 0.245 e.